The van der Waals surface area contributed by atoms with Crippen LogP contribution in [-0.2, 0) is 4.79 Å². The van der Waals surface area contributed by atoms with E-state index in [1.807, 2.05) is 6.92 Å². The highest BCUT2D eigenvalue weighted by Crippen LogP contribution is 2.05. The van der Waals surface area contributed by atoms with Crippen LogP contribution in [0, 0.1) is 0 Å². The van der Waals surface area contributed by atoms with Crippen LogP contribution in [-0.4, -0.2) is 30.5 Å². The Labute approximate surface area is 107 Å². The van der Waals surface area contributed by atoms with Gasteiger partial charge in [0.1, 0.15) is 5.78 Å². The van der Waals surface area contributed by atoms with Crippen LogP contribution in [0.4, 0.5) is 0 Å². The maximum Gasteiger partial charge on any atom is 0.149 e. The van der Waals surface area contributed by atoms with Crippen molar-refractivity contribution in [2.45, 2.75) is 78.4 Å². The first-order valence-electron chi connectivity index (χ1n) is 6.99. The summed E-state index contributed by atoms with van der Waals surface area (Å²) in [6.07, 6.45) is 3.85. The van der Waals surface area contributed by atoms with E-state index in [2.05, 4.69) is 38.3 Å². The first-order chi connectivity index (χ1) is 7.97. The normalized spacial score (nSPS) is 13.4. The van der Waals surface area contributed by atoms with Crippen molar-refractivity contribution in [3.63, 3.8) is 0 Å². The molecule has 0 rings (SSSR count). The lowest BCUT2D eigenvalue weighted by Gasteiger charge is -2.19. The van der Waals surface area contributed by atoms with Gasteiger partial charge < -0.3 is 10.6 Å². The summed E-state index contributed by atoms with van der Waals surface area (Å²) in [7, 11) is 0. The molecule has 0 aromatic carbocycles. The summed E-state index contributed by atoms with van der Waals surface area (Å²) in [4.78, 5) is 11.7. The van der Waals surface area contributed by atoms with Crippen molar-refractivity contribution in [1.29, 1.82) is 0 Å². The van der Waals surface area contributed by atoms with Crippen LogP contribution in [0.25, 0.3) is 0 Å². The molecule has 102 valence electrons. The van der Waals surface area contributed by atoms with E-state index in [0.717, 1.165) is 25.8 Å². The van der Waals surface area contributed by atoms with Gasteiger partial charge in [0.15, 0.2) is 0 Å². The predicted molar refractivity (Wildman–Crippen MR) is 74.3 cm³/mol. The lowest BCUT2D eigenvalue weighted by atomic mass is 10.0. The molecule has 0 aliphatic rings. The van der Waals surface area contributed by atoms with E-state index >= 15 is 0 Å². The third-order valence-corrected chi connectivity index (χ3v) is 2.74. The average Bonchev–Trinajstić information content (AvgIpc) is 2.25. The fraction of sp³-hybridized carbons (Fsp3) is 0.929. The molecule has 0 aromatic heterocycles. The molecule has 0 aromatic rings. The maximum absolute atomic E-state index is 11.7. The minimum absolute atomic E-state index is 0.0547. The quantitative estimate of drug-likeness (QED) is 0.578. The van der Waals surface area contributed by atoms with Gasteiger partial charge in [-0.1, -0.05) is 41.0 Å². The Hall–Kier alpha value is -0.410. The number of carbonyl (C=O) groups excluding carboxylic acids is 1. The van der Waals surface area contributed by atoms with Crippen LogP contribution in [0.3, 0.4) is 0 Å². The minimum Gasteiger partial charge on any atom is -0.315 e. The molecule has 0 aliphatic heterocycles. The molecule has 3 heteroatoms. The van der Waals surface area contributed by atoms with Crippen LogP contribution < -0.4 is 10.6 Å². The maximum atomic E-state index is 11.7. The van der Waals surface area contributed by atoms with Gasteiger partial charge in [-0.3, -0.25) is 4.79 Å². The molecule has 3 nitrogen and oxygen atoms in total. The zero-order valence-electron chi connectivity index (χ0n) is 12.2. The van der Waals surface area contributed by atoms with Crippen LogP contribution in [0.15, 0.2) is 0 Å². The van der Waals surface area contributed by atoms with E-state index in [0.29, 0.717) is 24.3 Å². The standard InChI is InChI=1S/C14H30N2O/c1-6-14(17)13(16-12(4)5)9-7-8-10-15-11(2)3/h11-13,15-16H,6-10H2,1-5H3/t13-/m0/s1. The molecule has 0 unspecified atom stereocenters. The summed E-state index contributed by atoms with van der Waals surface area (Å²) in [5, 5.41) is 6.76. The summed E-state index contributed by atoms with van der Waals surface area (Å²) >= 11 is 0. The number of nitrogens with one attached hydrogen (secondary N) is 2. The highest BCUT2D eigenvalue weighted by Gasteiger charge is 2.16. The minimum atomic E-state index is 0.0547. The largest absolute Gasteiger partial charge is 0.315 e. The van der Waals surface area contributed by atoms with Crippen LogP contribution in [0.1, 0.15) is 60.3 Å². The summed E-state index contributed by atoms with van der Waals surface area (Å²) in [6.45, 7) is 11.5. The van der Waals surface area contributed by atoms with Crippen LogP contribution >= 0.6 is 0 Å². The van der Waals surface area contributed by atoms with Crippen molar-refractivity contribution in [3.05, 3.63) is 0 Å². The monoisotopic (exact) mass is 242 g/mol. The lowest BCUT2D eigenvalue weighted by Crippen LogP contribution is -2.40. The molecule has 1 atom stereocenters. The van der Waals surface area contributed by atoms with Crippen molar-refractivity contribution >= 4 is 5.78 Å². The zero-order chi connectivity index (χ0) is 13.3. The molecule has 0 heterocycles. The van der Waals surface area contributed by atoms with Gasteiger partial charge in [-0.2, -0.15) is 0 Å². The molecular formula is C14H30N2O. The third-order valence-electron chi connectivity index (χ3n) is 2.74. The molecule has 17 heavy (non-hydrogen) atoms. The van der Waals surface area contributed by atoms with E-state index < -0.39 is 0 Å². The second kappa shape index (κ2) is 9.60. The molecule has 0 saturated carbocycles. The van der Waals surface area contributed by atoms with E-state index in [9.17, 15) is 4.79 Å². The molecule has 0 fully saturated rings. The van der Waals surface area contributed by atoms with E-state index in [-0.39, 0.29) is 6.04 Å². The Balaban J connectivity index is 3.80. The molecule has 2 N–H and O–H groups in total. The highest BCUT2D eigenvalue weighted by atomic mass is 16.1. The summed E-state index contributed by atoms with van der Waals surface area (Å²) < 4.78 is 0. The first kappa shape index (κ1) is 16.6. The predicted octanol–water partition coefficient (Wildman–Crippen LogP) is 2.50. The van der Waals surface area contributed by atoms with Crippen LogP contribution in [0.2, 0.25) is 0 Å². The molecule has 0 aliphatic carbocycles. The van der Waals surface area contributed by atoms with E-state index in [1.54, 1.807) is 0 Å². The van der Waals surface area contributed by atoms with Crippen molar-refractivity contribution in [2.24, 2.45) is 0 Å². The molecule has 0 spiro atoms. The van der Waals surface area contributed by atoms with Gasteiger partial charge in [-0.05, 0) is 19.4 Å². The van der Waals surface area contributed by atoms with Gasteiger partial charge in [-0.25, -0.2) is 0 Å². The topological polar surface area (TPSA) is 41.1 Å². The van der Waals surface area contributed by atoms with E-state index in [4.69, 9.17) is 0 Å². The van der Waals surface area contributed by atoms with Gasteiger partial charge in [0.25, 0.3) is 0 Å². The van der Waals surface area contributed by atoms with Gasteiger partial charge in [0.2, 0.25) is 0 Å². The number of Topliss-reactive ketones (excluding diaryl/α,β-unsaturated/α-hetero) is 1. The average molecular weight is 242 g/mol. The number of unbranched alkanes of at least 4 members (excludes halogenated alkanes) is 1. The molecule has 0 amide bonds. The van der Waals surface area contributed by atoms with E-state index in [1.165, 1.54) is 0 Å². The first-order valence-corrected chi connectivity index (χ1v) is 6.99. The SMILES string of the molecule is CCC(=O)[C@H](CCCCNC(C)C)NC(C)C. The summed E-state index contributed by atoms with van der Waals surface area (Å²) in [5.74, 6) is 0.343. The smallest absolute Gasteiger partial charge is 0.149 e. The molecular weight excluding hydrogens is 212 g/mol. The van der Waals surface area contributed by atoms with Crippen molar-refractivity contribution in [3.8, 4) is 0 Å². The Kier molecular flexibility index (Phi) is 9.37. The Morgan fingerprint density at radius 1 is 1.06 bits per heavy atom. The van der Waals surface area contributed by atoms with Crippen molar-refractivity contribution in [1.82, 2.24) is 10.6 Å². The Bertz CT molecular complexity index is 202. The van der Waals surface area contributed by atoms with Gasteiger partial charge >= 0.3 is 0 Å². The second-order valence-electron chi connectivity index (χ2n) is 5.30. The van der Waals surface area contributed by atoms with Gasteiger partial charge in [0, 0.05) is 18.5 Å². The second-order valence-corrected chi connectivity index (χ2v) is 5.30. The van der Waals surface area contributed by atoms with Crippen molar-refractivity contribution < 1.29 is 4.79 Å². The number of carbonyl (C=O) groups is 1. The highest BCUT2D eigenvalue weighted by molar-refractivity contribution is 5.83. The zero-order valence-corrected chi connectivity index (χ0v) is 12.2. The Morgan fingerprint density at radius 3 is 2.18 bits per heavy atom. The summed E-state index contributed by atoms with van der Waals surface area (Å²) in [5.41, 5.74) is 0. The van der Waals surface area contributed by atoms with Crippen LogP contribution in [0.5, 0.6) is 0 Å². The molecule has 0 radical (unpaired) electrons. The number of rotatable bonds is 10. The lowest BCUT2D eigenvalue weighted by molar-refractivity contribution is -0.121. The third kappa shape index (κ3) is 9.31. The van der Waals surface area contributed by atoms with Gasteiger partial charge in [-0.15, -0.1) is 0 Å². The fourth-order valence-electron chi connectivity index (χ4n) is 1.85. The Morgan fingerprint density at radius 2 is 1.71 bits per heavy atom. The number of hydrogen-bond acceptors (Lipinski definition) is 3. The summed E-state index contributed by atoms with van der Waals surface area (Å²) in [6, 6.07) is 0.986. The fourth-order valence-corrected chi connectivity index (χ4v) is 1.85. The number of hydrogen-bond donors (Lipinski definition) is 2. The molecule has 0 saturated heterocycles. The van der Waals surface area contributed by atoms with Gasteiger partial charge in [0.05, 0.1) is 6.04 Å². The molecule has 0 bridgehead atoms. The van der Waals surface area contributed by atoms with Crippen molar-refractivity contribution in [2.75, 3.05) is 6.54 Å². The number of ketones is 1.